The molecule has 0 radical (unpaired) electrons. The van der Waals surface area contributed by atoms with Crippen molar-refractivity contribution >= 4 is 34.2 Å². The number of hydrogen-bond donors (Lipinski definition) is 2. The molecule has 10 heteroatoms. The smallest absolute Gasteiger partial charge is 0.416 e. The fraction of sp³-hybridized carbons (Fsp3) is 0.364. The number of benzene rings is 2. The molecule has 2 heterocycles. The number of thioether (sulfide) groups is 1. The van der Waals surface area contributed by atoms with Gasteiger partial charge in [-0.3, -0.25) is 0 Å². The van der Waals surface area contributed by atoms with Crippen LogP contribution in [0, 0.1) is 6.92 Å². The van der Waals surface area contributed by atoms with Crippen LogP contribution < -0.4 is 15.8 Å². The van der Waals surface area contributed by atoms with Gasteiger partial charge in [-0.25, -0.2) is 9.97 Å². The fourth-order valence-corrected chi connectivity index (χ4v) is 4.13. The summed E-state index contributed by atoms with van der Waals surface area (Å²) in [6.45, 7) is 3.10. The quantitative estimate of drug-likeness (QED) is 0.391. The van der Waals surface area contributed by atoms with Crippen molar-refractivity contribution in [2.45, 2.75) is 37.1 Å². The van der Waals surface area contributed by atoms with E-state index in [2.05, 4.69) is 15.3 Å². The number of fused-ring (bicyclic) bond motifs is 1. The van der Waals surface area contributed by atoms with Crippen molar-refractivity contribution in [1.82, 2.24) is 9.97 Å². The second-order valence-electron chi connectivity index (χ2n) is 7.56. The molecule has 6 nitrogen and oxygen atoms in total. The van der Waals surface area contributed by atoms with E-state index in [1.165, 1.54) is 6.07 Å². The standard InChI is InChI=1S/C22H23F3N4O2S/c1-12-28-18-9-20(32-2)19(31-16-3-4-30-11-16)8-17(18)21(29-12)27-10-13-5-14(22(23,24)25)7-15(26)6-13/h5-9,16H,3-4,10-11,26H2,1-2H3,(H,27,28,29)/t16-/m0/s1. The second-order valence-corrected chi connectivity index (χ2v) is 8.41. The molecule has 3 aromatic rings. The lowest BCUT2D eigenvalue weighted by Gasteiger charge is -2.17. The number of anilines is 2. The molecule has 1 fully saturated rings. The van der Waals surface area contributed by atoms with E-state index in [1.807, 2.05) is 18.4 Å². The zero-order chi connectivity index (χ0) is 22.9. The van der Waals surface area contributed by atoms with E-state index in [0.717, 1.165) is 34.4 Å². The maximum absolute atomic E-state index is 13.1. The summed E-state index contributed by atoms with van der Waals surface area (Å²) in [6, 6.07) is 7.34. The SMILES string of the molecule is CSc1cc2nc(C)nc(NCc3cc(N)cc(C(F)(F)F)c3)c2cc1O[C@H]1CCOC1. The Labute approximate surface area is 187 Å². The maximum atomic E-state index is 13.1. The lowest BCUT2D eigenvalue weighted by Crippen LogP contribution is -2.16. The zero-order valence-corrected chi connectivity index (χ0v) is 18.4. The largest absolute Gasteiger partial charge is 0.487 e. The third-order valence-corrected chi connectivity index (χ3v) is 5.84. The molecule has 0 bridgehead atoms. The van der Waals surface area contributed by atoms with Crippen LogP contribution in [0.4, 0.5) is 24.7 Å². The van der Waals surface area contributed by atoms with E-state index in [-0.39, 0.29) is 18.3 Å². The van der Waals surface area contributed by atoms with Crippen LogP contribution in [0.3, 0.4) is 0 Å². The predicted octanol–water partition coefficient (Wildman–Crippen LogP) is 5.04. The molecule has 0 spiro atoms. The molecule has 1 atom stereocenters. The zero-order valence-electron chi connectivity index (χ0n) is 17.6. The average Bonchev–Trinajstić information content (AvgIpc) is 3.24. The van der Waals surface area contributed by atoms with E-state index in [1.54, 1.807) is 18.7 Å². The molecule has 170 valence electrons. The van der Waals surface area contributed by atoms with Gasteiger partial charge in [0, 0.05) is 24.0 Å². The molecule has 0 amide bonds. The molecule has 1 aromatic heterocycles. The number of nitrogens with two attached hydrogens (primary N) is 1. The minimum Gasteiger partial charge on any atom is -0.487 e. The van der Waals surface area contributed by atoms with Gasteiger partial charge in [-0.05, 0) is 49.1 Å². The summed E-state index contributed by atoms with van der Waals surface area (Å²) in [6.07, 6.45) is -1.70. The number of halogens is 3. The van der Waals surface area contributed by atoms with Gasteiger partial charge in [0.1, 0.15) is 23.5 Å². The average molecular weight is 465 g/mol. The number of nitrogens with zero attached hydrogens (tertiary/aromatic N) is 2. The first-order valence-corrected chi connectivity index (χ1v) is 11.3. The highest BCUT2D eigenvalue weighted by Gasteiger charge is 2.31. The summed E-state index contributed by atoms with van der Waals surface area (Å²) >= 11 is 1.55. The number of alkyl halides is 3. The van der Waals surface area contributed by atoms with Gasteiger partial charge in [0.2, 0.25) is 0 Å². The highest BCUT2D eigenvalue weighted by atomic mass is 32.2. The van der Waals surface area contributed by atoms with Crippen molar-refractivity contribution in [3.63, 3.8) is 0 Å². The van der Waals surface area contributed by atoms with Crippen LogP contribution in [-0.2, 0) is 17.5 Å². The Morgan fingerprint density at radius 1 is 1.22 bits per heavy atom. The van der Waals surface area contributed by atoms with Crippen LogP contribution in [-0.4, -0.2) is 35.5 Å². The number of aryl methyl sites for hydroxylation is 1. The summed E-state index contributed by atoms with van der Waals surface area (Å²) in [5.74, 6) is 1.77. The molecule has 2 aromatic carbocycles. The van der Waals surface area contributed by atoms with Gasteiger partial charge in [-0.2, -0.15) is 13.2 Å². The Morgan fingerprint density at radius 2 is 2.03 bits per heavy atom. The van der Waals surface area contributed by atoms with Gasteiger partial charge in [-0.1, -0.05) is 0 Å². The highest BCUT2D eigenvalue weighted by Crippen LogP contribution is 2.36. The van der Waals surface area contributed by atoms with Crippen molar-refractivity contribution in [2.24, 2.45) is 0 Å². The van der Waals surface area contributed by atoms with Gasteiger partial charge >= 0.3 is 6.18 Å². The molecule has 0 saturated carbocycles. The van der Waals surface area contributed by atoms with Crippen LogP contribution in [0.15, 0.2) is 35.2 Å². The highest BCUT2D eigenvalue weighted by molar-refractivity contribution is 7.98. The van der Waals surface area contributed by atoms with Crippen LogP contribution in [0.2, 0.25) is 0 Å². The van der Waals surface area contributed by atoms with E-state index in [0.29, 0.717) is 36.2 Å². The Balaban J connectivity index is 1.67. The van der Waals surface area contributed by atoms with Crippen molar-refractivity contribution in [3.8, 4) is 5.75 Å². The summed E-state index contributed by atoms with van der Waals surface area (Å²) in [4.78, 5) is 9.94. The molecular weight excluding hydrogens is 441 g/mol. The Hall–Kier alpha value is -2.72. The minimum atomic E-state index is -4.47. The molecule has 4 rings (SSSR count). The monoisotopic (exact) mass is 464 g/mol. The molecule has 1 aliphatic rings. The van der Waals surface area contributed by atoms with Crippen molar-refractivity contribution in [2.75, 3.05) is 30.5 Å². The molecule has 1 saturated heterocycles. The van der Waals surface area contributed by atoms with Crippen molar-refractivity contribution in [1.29, 1.82) is 0 Å². The van der Waals surface area contributed by atoms with E-state index in [4.69, 9.17) is 15.2 Å². The number of aromatic nitrogens is 2. The van der Waals surface area contributed by atoms with Crippen LogP contribution in [0.1, 0.15) is 23.4 Å². The van der Waals surface area contributed by atoms with E-state index >= 15 is 0 Å². The Bertz CT molecular complexity index is 1130. The number of ether oxygens (including phenoxy) is 2. The first-order chi connectivity index (χ1) is 15.2. The Morgan fingerprint density at radius 3 is 2.72 bits per heavy atom. The number of hydrogen-bond acceptors (Lipinski definition) is 7. The van der Waals surface area contributed by atoms with E-state index in [9.17, 15) is 13.2 Å². The first kappa shape index (κ1) is 22.5. The third kappa shape index (κ3) is 5.02. The lowest BCUT2D eigenvalue weighted by molar-refractivity contribution is -0.137. The molecular formula is C22H23F3N4O2S. The first-order valence-electron chi connectivity index (χ1n) is 10.0. The normalized spacial score (nSPS) is 16.5. The van der Waals surface area contributed by atoms with Crippen LogP contribution in [0.5, 0.6) is 5.75 Å². The van der Waals surface area contributed by atoms with Crippen molar-refractivity contribution < 1.29 is 22.6 Å². The topological polar surface area (TPSA) is 82.3 Å². The third-order valence-electron chi connectivity index (χ3n) is 5.08. The van der Waals surface area contributed by atoms with Gasteiger partial charge in [0.25, 0.3) is 0 Å². The number of rotatable bonds is 6. The molecule has 0 aliphatic carbocycles. The lowest BCUT2D eigenvalue weighted by atomic mass is 10.1. The van der Waals surface area contributed by atoms with Crippen LogP contribution >= 0.6 is 11.8 Å². The fourth-order valence-electron chi connectivity index (χ4n) is 3.59. The molecule has 1 aliphatic heterocycles. The predicted molar refractivity (Wildman–Crippen MR) is 119 cm³/mol. The maximum Gasteiger partial charge on any atom is 0.416 e. The second kappa shape index (κ2) is 9.03. The molecule has 32 heavy (non-hydrogen) atoms. The van der Waals surface area contributed by atoms with E-state index < -0.39 is 11.7 Å². The summed E-state index contributed by atoms with van der Waals surface area (Å²) < 4.78 is 51.0. The number of nitrogen functional groups attached to an aromatic ring is 1. The summed E-state index contributed by atoms with van der Waals surface area (Å²) in [5, 5.41) is 3.87. The van der Waals surface area contributed by atoms with Crippen LogP contribution in [0.25, 0.3) is 10.9 Å². The van der Waals surface area contributed by atoms with Gasteiger partial charge < -0.3 is 20.5 Å². The molecule has 0 unspecified atom stereocenters. The summed E-state index contributed by atoms with van der Waals surface area (Å²) in [5.41, 5.74) is 6.09. The summed E-state index contributed by atoms with van der Waals surface area (Å²) in [7, 11) is 0. The van der Waals surface area contributed by atoms with Gasteiger partial charge in [0.15, 0.2) is 0 Å². The van der Waals surface area contributed by atoms with Gasteiger partial charge in [0.05, 0.1) is 29.2 Å². The Kier molecular flexibility index (Phi) is 6.34. The van der Waals surface area contributed by atoms with Crippen molar-refractivity contribution in [3.05, 3.63) is 47.3 Å². The minimum absolute atomic E-state index is 0.0193. The molecule has 3 N–H and O–H groups in total. The number of nitrogens with one attached hydrogen (secondary N) is 1. The van der Waals surface area contributed by atoms with Gasteiger partial charge in [-0.15, -0.1) is 11.8 Å².